The first-order valence-corrected chi connectivity index (χ1v) is 5.20. The fourth-order valence-electron chi connectivity index (χ4n) is 1.53. The second-order valence-electron chi connectivity index (χ2n) is 3.74. The van der Waals surface area contributed by atoms with Crippen molar-refractivity contribution in [1.82, 2.24) is 0 Å². The van der Waals surface area contributed by atoms with Crippen molar-refractivity contribution >= 4 is 12.0 Å². The van der Waals surface area contributed by atoms with Gasteiger partial charge < -0.3 is 16.6 Å². The average Bonchev–Trinajstić information content (AvgIpc) is 2.73. The van der Waals surface area contributed by atoms with Crippen LogP contribution in [0.15, 0.2) is 35.9 Å². The molecule has 1 amide bonds. The predicted octanol–water partition coefficient (Wildman–Crippen LogP) is -1.02. The van der Waals surface area contributed by atoms with E-state index in [1.54, 1.807) is 6.08 Å². The van der Waals surface area contributed by atoms with Crippen molar-refractivity contribution in [2.75, 3.05) is 6.79 Å². The normalized spacial score (nSPS) is 13.5. The molecule has 90 valence electrons. The van der Waals surface area contributed by atoms with E-state index < -0.39 is 5.91 Å². The molecule has 2 N–H and O–H groups in total. The summed E-state index contributed by atoms with van der Waals surface area (Å²) in [5.74, 6) is 1.04. The minimum atomic E-state index is -0.455. The van der Waals surface area contributed by atoms with Gasteiger partial charge in [0.1, 0.15) is 0 Å². The molecule has 1 aliphatic heterocycles. The number of carbonyl (C=O) groups is 1. The van der Waals surface area contributed by atoms with Crippen molar-refractivity contribution in [2.24, 2.45) is 5.73 Å². The maximum absolute atomic E-state index is 10.6. The molecule has 4 nitrogen and oxygen atoms in total. The summed E-state index contributed by atoms with van der Waals surface area (Å²) in [6, 6.07) is 5.68. The van der Waals surface area contributed by atoms with E-state index in [1.165, 1.54) is 6.08 Å². The van der Waals surface area contributed by atoms with Crippen molar-refractivity contribution in [3.63, 3.8) is 0 Å². The Morgan fingerprint density at radius 2 is 2.06 bits per heavy atom. The van der Waals surface area contributed by atoms with Crippen LogP contribution in [0.5, 0.6) is 11.5 Å². The van der Waals surface area contributed by atoms with Crippen LogP contribution in [0.25, 0.3) is 6.08 Å². The van der Waals surface area contributed by atoms with Gasteiger partial charge >= 0.3 is 29.6 Å². The molecule has 0 atom stereocenters. The van der Waals surface area contributed by atoms with Crippen molar-refractivity contribution in [3.8, 4) is 11.5 Å². The van der Waals surface area contributed by atoms with Gasteiger partial charge in [0.15, 0.2) is 11.5 Å². The molecular weight excluding hydrogens is 241 g/mol. The molecule has 2 rings (SSSR count). The summed E-state index contributed by atoms with van der Waals surface area (Å²) in [5.41, 5.74) is 6.94. The van der Waals surface area contributed by atoms with E-state index in [0.29, 0.717) is 0 Å². The molecule has 1 aromatic rings. The molecule has 0 saturated carbocycles. The van der Waals surface area contributed by atoms with Gasteiger partial charge in [0.2, 0.25) is 12.7 Å². The van der Waals surface area contributed by atoms with Crippen LogP contribution >= 0.6 is 0 Å². The summed E-state index contributed by atoms with van der Waals surface area (Å²) in [6.45, 7) is 2.16. The number of nitrogens with two attached hydrogens (primary N) is 1. The minimum Gasteiger partial charge on any atom is -1.00 e. The summed E-state index contributed by atoms with van der Waals surface area (Å²) >= 11 is 0. The number of ether oxygens (including phenoxy) is 2. The standard InChI is InChI=1S/C13H13NO3.Na.H/c1-9(2-5-13(14)15)6-10-3-4-11-12(7-10)17-8-16-11;;/h2-7H,8H2,1H3,(H2,14,15);;/q;+1;-1. The molecule has 5 heteroatoms. The number of carbonyl (C=O) groups excluding carboxylic acids is 1. The molecular formula is C13H14NNaO3. The third kappa shape index (κ3) is 3.91. The largest absolute Gasteiger partial charge is 1.00 e. The van der Waals surface area contributed by atoms with Crippen molar-refractivity contribution < 1.29 is 45.3 Å². The van der Waals surface area contributed by atoms with Crippen LogP contribution < -0.4 is 44.8 Å². The van der Waals surface area contributed by atoms with Gasteiger partial charge in [-0.05, 0) is 24.6 Å². The number of rotatable bonds is 3. The number of primary amides is 1. The second-order valence-corrected chi connectivity index (χ2v) is 3.74. The van der Waals surface area contributed by atoms with Gasteiger partial charge in [-0.15, -0.1) is 0 Å². The van der Waals surface area contributed by atoms with Crippen LogP contribution in [-0.2, 0) is 4.79 Å². The Kier molecular flexibility index (Phi) is 5.47. The molecule has 0 aromatic heterocycles. The zero-order valence-corrected chi connectivity index (χ0v) is 12.5. The van der Waals surface area contributed by atoms with E-state index in [-0.39, 0.29) is 37.8 Å². The van der Waals surface area contributed by atoms with E-state index in [2.05, 4.69) is 0 Å². The number of benzene rings is 1. The Labute approximate surface area is 129 Å². The second kappa shape index (κ2) is 6.64. The number of hydrogen-bond donors (Lipinski definition) is 1. The van der Waals surface area contributed by atoms with Gasteiger partial charge in [0.05, 0.1) is 0 Å². The minimum absolute atomic E-state index is 0. The summed E-state index contributed by atoms with van der Waals surface area (Å²) < 4.78 is 10.5. The molecule has 0 saturated heterocycles. The van der Waals surface area contributed by atoms with Crippen LogP contribution in [0.2, 0.25) is 0 Å². The Hall–Kier alpha value is -1.23. The quantitative estimate of drug-likeness (QED) is 0.427. The molecule has 1 aliphatic rings. The fourth-order valence-corrected chi connectivity index (χ4v) is 1.53. The maximum atomic E-state index is 10.6. The van der Waals surface area contributed by atoms with Gasteiger partial charge in [-0.1, -0.05) is 23.8 Å². The van der Waals surface area contributed by atoms with Gasteiger partial charge in [0.25, 0.3) is 0 Å². The van der Waals surface area contributed by atoms with E-state index in [1.807, 2.05) is 31.2 Å². The van der Waals surface area contributed by atoms with Crippen LogP contribution in [0.3, 0.4) is 0 Å². The Bertz CT molecular complexity index is 515. The Balaban J connectivity index is 0.00000162. The maximum Gasteiger partial charge on any atom is 1.00 e. The molecule has 0 bridgehead atoms. The number of amides is 1. The van der Waals surface area contributed by atoms with Crippen LogP contribution in [0, 0.1) is 0 Å². The van der Waals surface area contributed by atoms with Gasteiger partial charge in [-0.25, -0.2) is 0 Å². The molecule has 18 heavy (non-hydrogen) atoms. The zero-order valence-electron chi connectivity index (χ0n) is 11.5. The predicted molar refractivity (Wildman–Crippen MR) is 65.7 cm³/mol. The van der Waals surface area contributed by atoms with Crippen LogP contribution in [0.1, 0.15) is 13.9 Å². The monoisotopic (exact) mass is 255 g/mol. The van der Waals surface area contributed by atoms with Gasteiger partial charge in [-0.2, -0.15) is 0 Å². The molecule has 0 unspecified atom stereocenters. The number of allylic oxidation sites excluding steroid dienone is 2. The molecule has 0 fully saturated rings. The Morgan fingerprint density at radius 1 is 1.33 bits per heavy atom. The molecule has 0 radical (unpaired) electrons. The van der Waals surface area contributed by atoms with E-state index in [9.17, 15) is 4.79 Å². The molecule has 0 aliphatic carbocycles. The van der Waals surface area contributed by atoms with Crippen molar-refractivity contribution in [2.45, 2.75) is 6.92 Å². The van der Waals surface area contributed by atoms with Crippen LogP contribution in [0.4, 0.5) is 0 Å². The number of fused-ring (bicyclic) bond motifs is 1. The van der Waals surface area contributed by atoms with Crippen molar-refractivity contribution in [3.05, 3.63) is 41.5 Å². The third-order valence-electron chi connectivity index (χ3n) is 2.30. The van der Waals surface area contributed by atoms with E-state index in [0.717, 1.165) is 22.6 Å². The molecule has 1 aromatic carbocycles. The van der Waals surface area contributed by atoms with Crippen LogP contribution in [-0.4, -0.2) is 12.7 Å². The molecule has 0 spiro atoms. The van der Waals surface area contributed by atoms with E-state index in [4.69, 9.17) is 15.2 Å². The zero-order chi connectivity index (χ0) is 12.3. The smallest absolute Gasteiger partial charge is 1.00 e. The summed E-state index contributed by atoms with van der Waals surface area (Å²) in [5, 5.41) is 0. The first-order chi connectivity index (χ1) is 8.15. The molecule has 1 heterocycles. The third-order valence-corrected chi connectivity index (χ3v) is 2.30. The topological polar surface area (TPSA) is 61.6 Å². The fraction of sp³-hybridized carbons (Fsp3) is 0.154. The Morgan fingerprint density at radius 3 is 2.78 bits per heavy atom. The summed E-state index contributed by atoms with van der Waals surface area (Å²) in [7, 11) is 0. The summed E-state index contributed by atoms with van der Waals surface area (Å²) in [6.07, 6.45) is 4.94. The number of hydrogen-bond acceptors (Lipinski definition) is 3. The van der Waals surface area contributed by atoms with Crippen molar-refractivity contribution in [1.29, 1.82) is 0 Å². The SMILES string of the molecule is CC(C=CC(N)=O)=Cc1ccc2c(c1)OCO2.[H-].[Na+]. The first-order valence-electron chi connectivity index (χ1n) is 5.20. The van der Waals surface area contributed by atoms with Gasteiger partial charge in [0, 0.05) is 6.08 Å². The average molecular weight is 255 g/mol. The first kappa shape index (κ1) is 14.8. The van der Waals surface area contributed by atoms with Gasteiger partial charge in [-0.3, -0.25) is 4.79 Å². The van der Waals surface area contributed by atoms with E-state index >= 15 is 0 Å². The summed E-state index contributed by atoms with van der Waals surface area (Å²) in [4.78, 5) is 10.6.